The standard InChI is InChI=1S/C16H24N2O2/c1-5-6-7-8-16(20)13-10(2)9-11(3)14(17)12(13)15(19)18(16)4/h9,20H,5-8,17H2,1-4H3. The molecule has 0 saturated carbocycles. The first-order valence-electron chi connectivity index (χ1n) is 7.25. The van der Waals surface area contributed by atoms with Crippen molar-refractivity contribution in [2.45, 2.75) is 52.2 Å². The molecule has 0 radical (unpaired) electrons. The van der Waals surface area contributed by atoms with Gasteiger partial charge in [0.25, 0.3) is 5.91 Å². The molecule has 0 fully saturated rings. The minimum absolute atomic E-state index is 0.178. The summed E-state index contributed by atoms with van der Waals surface area (Å²) in [5.74, 6) is -0.178. The van der Waals surface area contributed by atoms with Gasteiger partial charge in [0.15, 0.2) is 5.72 Å². The van der Waals surface area contributed by atoms with Crippen molar-refractivity contribution in [3.8, 4) is 0 Å². The Morgan fingerprint density at radius 2 is 1.95 bits per heavy atom. The van der Waals surface area contributed by atoms with Crippen molar-refractivity contribution in [1.29, 1.82) is 0 Å². The first kappa shape index (κ1) is 14.9. The molecular formula is C16H24N2O2. The average molecular weight is 276 g/mol. The maximum absolute atomic E-state index is 12.5. The highest BCUT2D eigenvalue weighted by molar-refractivity contribution is 6.05. The van der Waals surface area contributed by atoms with E-state index in [4.69, 9.17) is 5.73 Å². The number of rotatable bonds is 4. The van der Waals surface area contributed by atoms with Gasteiger partial charge in [-0.05, 0) is 37.8 Å². The van der Waals surface area contributed by atoms with Gasteiger partial charge in [-0.15, -0.1) is 0 Å². The van der Waals surface area contributed by atoms with E-state index in [-0.39, 0.29) is 5.91 Å². The minimum atomic E-state index is -1.21. The molecule has 1 aromatic rings. The molecule has 110 valence electrons. The highest BCUT2D eigenvalue weighted by atomic mass is 16.3. The summed E-state index contributed by atoms with van der Waals surface area (Å²) in [6.45, 7) is 5.95. The van der Waals surface area contributed by atoms with Gasteiger partial charge in [0.2, 0.25) is 0 Å². The normalized spacial score (nSPS) is 21.4. The number of hydrogen-bond donors (Lipinski definition) is 2. The number of nitrogen functional groups attached to an aromatic ring is 1. The third-order valence-electron chi connectivity index (χ3n) is 4.37. The van der Waals surface area contributed by atoms with Gasteiger partial charge in [0, 0.05) is 18.3 Å². The number of carbonyl (C=O) groups excluding carboxylic acids is 1. The molecular weight excluding hydrogens is 252 g/mol. The smallest absolute Gasteiger partial charge is 0.258 e. The van der Waals surface area contributed by atoms with Crippen LogP contribution in [0, 0.1) is 13.8 Å². The fourth-order valence-corrected chi connectivity index (χ4v) is 3.16. The van der Waals surface area contributed by atoms with Gasteiger partial charge in [-0.25, -0.2) is 0 Å². The van der Waals surface area contributed by atoms with Gasteiger partial charge in [-0.3, -0.25) is 4.79 Å². The Morgan fingerprint density at radius 1 is 1.30 bits per heavy atom. The van der Waals surface area contributed by atoms with E-state index in [0.717, 1.165) is 30.4 Å². The number of benzene rings is 1. The van der Waals surface area contributed by atoms with Crippen molar-refractivity contribution in [2.75, 3.05) is 12.8 Å². The van der Waals surface area contributed by atoms with Crippen molar-refractivity contribution in [3.63, 3.8) is 0 Å². The Morgan fingerprint density at radius 3 is 2.55 bits per heavy atom. The van der Waals surface area contributed by atoms with Gasteiger partial charge in [-0.1, -0.05) is 25.8 Å². The summed E-state index contributed by atoms with van der Waals surface area (Å²) < 4.78 is 0. The summed E-state index contributed by atoms with van der Waals surface area (Å²) in [5, 5.41) is 11.1. The number of hydrogen-bond acceptors (Lipinski definition) is 3. The molecule has 1 atom stereocenters. The largest absolute Gasteiger partial charge is 0.398 e. The molecule has 1 aliphatic heterocycles. The molecule has 1 heterocycles. The maximum Gasteiger partial charge on any atom is 0.258 e. The first-order chi connectivity index (χ1) is 9.34. The number of nitrogens with two attached hydrogens (primary N) is 1. The lowest BCUT2D eigenvalue weighted by Crippen LogP contribution is -2.41. The van der Waals surface area contributed by atoms with Crippen LogP contribution >= 0.6 is 0 Å². The SMILES string of the molecule is CCCCCC1(O)c2c(C)cc(C)c(N)c2C(=O)N1C. The molecule has 1 amide bonds. The van der Waals surface area contributed by atoms with Gasteiger partial charge >= 0.3 is 0 Å². The summed E-state index contributed by atoms with van der Waals surface area (Å²) in [6.07, 6.45) is 3.56. The lowest BCUT2D eigenvalue weighted by Gasteiger charge is -2.32. The second-order valence-corrected chi connectivity index (χ2v) is 5.81. The second-order valence-electron chi connectivity index (χ2n) is 5.81. The van der Waals surface area contributed by atoms with Crippen LogP contribution in [0.4, 0.5) is 5.69 Å². The fourth-order valence-electron chi connectivity index (χ4n) is 3.16. The van der Waals surface area contributed by atoms with E-state index in [0.29, 0.717) is 23.2 Å². The monoisotopic (exact) mass is 276 g/mol. The number of aryl methyl sites for hydroxylation is 2. The van der Waals surface area contributed by atoms with Crippen LogP contribution in [0.2, 0.25) is 0 Å². The summed E-state index contributed by atoms with van der Waals surface area (Å²) in [4.78, 5) is 13.9. The molecule has 0 spiro atoms. The molecule has 3 N–H and O–H groups in total. The van der Waals surface area contributed by atoms with Crippen molar-refractivity contribution >= 4 is 11.6 Å². The first-order valence-corrected chi connectivity index (χ1v) is 7.25. The quantitative estimate of drug-likeness (QED) is 0.656. The van der Waals surface area contributed by atoms with E-state index >= 15 is 0 Å². The predicted octanol–water partition coefficient (Wildman–Crippen LogP) is 2.70. The van der Waals surface area contributed by atoms with Crippen molar-refractivity contribution in [1.82, 2.24) is 4.90 Å². The van der Waals surface area contributed by atoms with E-state index in [2.05, 4.69) is 6.92 Å². The van der Waals surface area contributed by atoms with Gasteiger partial charge in [0.1, 0.15) is 0 Å². The molecule has 0 saturated heterocycles. The topological polar surface area (TPSA) is 66.6 Å². The number of carbonyl (C=O) groups is 1. The summed E-state index contributed by atoms with van der Waals surface area (Å²) in [6, 6.07) is 1.95. The number of amides is 1. The summed E-state index contributed by atoms with van der Waals surface area (Å²) in [7, 11) is 1.66. The Balaban J connectivity index is 2.55. The maximum atomic E-state index is 12.5. The lowest BCUT2D eigenvalue weighted by atomic mass is 9.89. The van der Waals surface area contributed by atoms with Crippen LogP contribution in [0.15, 0.2) is 6.07 Å². The van der Waals surface area contributed by atoms with Crippen LogP contribution in [0.1, 0.15) is 59.7 Å². The van der Waals surface area contributed by atoms with E-state index < -0.39 is 5.72 Å². The average Bonchev–Trinajstić information content (AvgIpc) is 2.59. The summed E-state index contributed by atoms with van der Waals surface area (Å²) in [5.41, 5.74) is 8.36. The highest BCUT2D eigenvalue weighted by Gasteiger charge is 2.48. The number of aliphatic hydroxyl groups is 1. The van der Waals surface area contributed by atoms with Gasteiger partial charge < -0.3 is 15.7 Å². The van der Waals surface area contributed by atoms with Crippen LogP contribution < -0.4 is 5.73 Å². The highest BCUT2D eigenvalue weighted by Crippen LogP contribution is 2.44. The van der Waals surface area contributed by atoms with Crippen molar-refractivity contribution in [3.05, 3.63) is 28.3 Å². The molecule has 1 aliphatic rings. The Labute approximate surface area is 120 Å². The number of nitrogens with zero attached hydrogens (tertiary/aromatic N) is 1. The molecule has 0 bridgehead atoms. The lowest BCUT2D eigenvalue weighted by molar-refractivity contribution is -0.0803. The number of unbranched alkanes of at least 4 members (excludes halogenated alkanes) is 2. The number of anilines is 1. The van der Waals surface area contributed by atoms with Crippen LogP contribution in [-0.2, 0) is 5.72 Å². The van der Waals surface area contributed by atoms with Crippen LogP contribution in [0.3, 0.4) is 0 Å². The molecule has 0 aromatic heterocycles. The zero-order chi connectivity index (χ0) is 15.1. The predicted molar refractivity (Wildman–Crippen MR) is 80.5 cm³/mol. The Bertz CT molecular complexity index is 554. The molecule has 1 aromatic carbocycles. The molecule has 0 aliphatic carbocycles. The van der Waals surface area contributed by atoms with Gasteiger partial charge in [0.05, 0.1) is 5.56 Å². The molecule has 2 rings (SSSR count). The fraction of sp³-hybridized carbons (Fsp3) is 0.562. The Kier molecular flexibility index (Phi) is 3.78. The van der Waals surface area contributed by atoms with Crippen LogP contribution in [-0.4, -0.2) is 23.0 Å². The molecule has 4 heteroatoms. The van der Waals surface area contributed by atoms with Crippen molar-refractivity contribution in [2.24, 2.45) is 0 Å². The minimum Gasteiger partial charge on any atom is -0.398 e. The summed E-state index contributed by atoms with van der Waals surface area (Å²) >= 11 is 0. The second kappa shape index (κ2) is 5.09. The van der Waals surface area contributed by atoms with Crippen LogP contribution in [0.5, 0.6) is 0 Å². The number of fused-ring (bicyclic) bond motifs is 1. The molecule has 1 unspecified atom stereocenters. The zero-order valence-electron chi connectivity index (χ0n) is 12.8. The zero-order valence-corrected chi connectivity index (χ0v) is 12.8. The van der Waals surface area contributed by atoms with E-state index in [1.54, 1.807) is 7.05 Å². The Hall–Kier alpha value is -1.55. The van der Waals surface area contributed by atoms with Crippen molar-refractivity contribution < 1.29 is 9.90 Å². The van der Waals surface area contributed by atoms with E-state index in [1.165, 1.54) is 4.90 Å². The third-order valence-corrected chi connectivity index (χ3v) is 4.37. The van der Waals surface area contributed by atoms with Gasteiger partial charge in [-0.2, -0.15) is 0 Å². The van der Waals surface area contributed by atoms with E-state index in [9.17, 15) is 9.90 Å². The molecule has 20 heavy (non-hydrogen) atoms. The molecule has 4 nitrogen and oxygen atoms in total. The van der Waals surface area contributed by atoms with Crippen LogP contribution in [0.25, 0.3) is 0 Å². The van der Waals surface area contributed by atoms with E-state index in [1.807, 2.05) is 19.9 Å². The third kappa shape index (κ3) is 1.99.